The Kier molecular flexibility index (Phi) is 4.14. The summed E-state index contributed by atoms with van der Waals surface area (Å²) < 4.78 is 0. The van der Waals surface area contributed by atoms with Crippen molar-refractivity contribution in [3.05, 3.63) is 0 Å². The second kappa shape index (κ2) is 5.04. The Morgan fingerprint density at radius 1 is 1.47 bits per heavy atom. The molecule has 0 heterocycles. The summed E-state index contributed by atoms with van der Waals surface area (Å²) in [5, 5.41) is 11.8. The van der Waals surface area contributed by atoms with E-state index in [1.807, 2.05) is 6.92 Å². The van der Waals surface area contributed by atoms with Gasteiger partial charge in [-0.2, -0.15) is 0 Å². The van der Waals surface area contributed by atoms with Crippen LogP contribution >= 0.6 is 0 Å². The summed E-state index contributed by atoms with van der Waals surface area (Å²) in [4.78, 5) is 22.9. The van der Waals surface area contributed by atoms with Crippen molar-refractivity contribution >= 4 is 11.9 Å². The molecule has 1 aliphatic carbocycles. The van der Waals surface area contributed by atoms with Crippen molar-refractivity contribution in [2.45, 2.75) is 51.5 Å². The summed E-state index contributed by atoms with van der Waals surface area (Å²) in [7, 11) is 0. The molecular formula is C12H22N2O3. The summed E-state index contributed by atoms with van der Waals surface area (Å²) in [5.41, 5.74) is 4.22. The number of amides is 1. The number of nitrogens with one attached hydrogen (secondary N) is 1. The molecule has 1 unspecified atom stereocenters. The van der Waals surface area contributed by atoms with E-state index in [4.69, 9.17) is 10.8 Å². The van der Waals surface area contributed by atoms with E-state index in [1.165, 1.54) is 0 Å². The Bertz CT molecular complexity index is 309. The fraction of sp³-hybridized carbons (Fsp3) is 0.833. The molecule has 17 heavy (non-hydrogen) atoms. The first-order valence-corrected chi connectivity index (χ1v) is 6.15. The Morgan fingerprint density at radius 3 is 2.41 bits per heavy atom. The molecular weight excluding hydrogens is 220 g/mol. The molecule has 4 N–H and O–H groups in total. The van der Waals surface area contributed by atoms with Gasteiger partial charge in [0, 0.05) is 6.54 Å². The number of rotatable bonds is 6. The van der Waals surface area contributed by atoms with Gasteiger partial charge in [-0.3, -0.25) is 9.59 Å². The first kappa shape index (κ1) is 14.0. The number of carboxylic acids is 1. The van der Waals surface area contributed by atoms with Crippen LogP contribution in [-0.4, -0.2) is 29.1 Å². The Labute approximate surface area is 102 Å². The van der Waals surface area contributed by atoms with Gasteiger partial charge in [0.25, 0.3) is 0 Å². The summed E-state index contributed by atoms with van der Waals surface area (Å²) in [5.74, 6) is -1.08. The average molecular weight is 242 g/mol. The zero-order valence-electron chi connectivity index (χ0n) is 10.6. The minimum Gasteiger partial charge on any atom is -0.481 e. The molecule has 0 aliphatic heterocycles. The van der Waals surface area contributed by atoms with Crippen molar-refractivity contribution in [2.75, 3.05) is 6.54 Å². The van der Waals surface area contributed by atoms with Crippen molar-refractivity contribution < 1.29 is 14.7 Å². The van der Waals surface area contributed by atoms with Gasteiger partial charge >= 0.3 is 5.97 Å². The van der Waals surface area contributed by atoms with E-state index < -0.39 is 16.9 Å². The third-order valence-corrected chi connectivity index (χ3v) is 3.64. The highest BCUT2D eigenvalue weighted by atomic mass is 16.4. The van der Waals surface area contributed by atoms with Crippen molar-refractivity contribution in [1.82, 2.24) is 5.32 Å². The smallest absolute Gasteiger partial charge is 0.311 e. The van der Waals surface area contributed by atoms with Crippen LogP contribution in [0.15, 0.2) is 0 Å². The first-order valence-electron chi connectivity index (χ1n) is 6.15. The van der Waals surface area contributed by atoms with Crippen molar-refractivity contribution in [2.24, 2.45) is 11.1 Å². The predicted octanol–water partition coefficient (Wildman–Crippen LogP) is 0.875. The van der Waals surface area contributed by atoms with Gasteiger partial charge in [-0.1, -0.05) is 19.8 Å². The molecule has 1 amide bonds. The minimum atomic E-state index is -0.905. The zero-order chi connectivity index (χ0) is 13.1. The predicted molar refractivity (Wildman–Crippen MR) is 64.4 cm³/mol. The molecule has 98 valence electrons. The molecule has 0 aromatic heterocycles. The van der Waals surface area contributed by atoms with E-state index >= 15 is 0 Å². The van der Waals surface area contributed by atoms with Crippen LogP contribution in [0.25, 0.3) is 0 Å². The minimum absolute atomic E-state index is 0.192. The number of aliphatic carboxylic acids is 1. The molecule has 0 aromatic rings. The van der Waals surface area contributed by atoms with Crippen LogP contribution in [0.5, 0.6) is 0 Å². The number of carbonyl (C=O) groups excluding carboxylic acids is 1. The standard InChI is InChI=1S/C12H22N2O3/c1-3-5-11(2,13)9(15)14-8-12(10(16)17)6-4-7-12/h3-8,13H2,1-2H3,(H,14,15)(H,16,17). The lowest BCUT2D eigenvalue weighted by atomic mass is 9.68. The van der Waals surface area contributed by atoms with Crippen molar-refractivity contribution in [3.63, 3.8) is 0 Å². The van der Waals surface area contributed by atoms with E-state index in [0.717, 1.165) is 12.8 Å². The normalized spacial score (nSPS) is 21.1. The van der Waals surface area contributed by atoms with Crippen LogP contribution < -0.4 is 11.1 Å². The van der Waals surface area contributed by atoms with Crippen molar-refractivity contribution in [1.29, 1.82) is 0 Å². The van der Waals surface area contributed by atoms with E-state index in [-0.39, 0.29) is 12.5 Å². The Balaban J connectivity index is 2.50. The lowest BCUT2D eigenvalue weighted by molar-refractivity contribution is -0.154. The van der Waals surface area contributed by atoms with Crippen LogP contribution in [-0.2, 0) is 9.59 Å². The Morgan fingerprint density at radius 2 is 2.06 bits per heavy atom. The number of carbonyl (C=O) groups is 2. The molecule has 0 saturated heterocycles. The molecule has 1 saturated carbocycles. The van der Waals surface area contributed by atoms with E-state index in [2.05, 4.69) is 5.32 Å². The maximum Gasteiger partial charge on any atom is 0.311 e. The van der Waals surface area contributed by atoms with Gasteiger partial charge in [-0.25, -0.2) is 0 Å². The SMILES string of the molecule is CCCC(C)(N)C(=O)NCC1(C(=O)O)CCC1. The lowest BCUT2D eigenvalue weighted by Crippen LogP contribution is -2.55. The van der Waals surface area contributed by atoms with Gasteiger partial charge in [0.15, 0.2) is 0 Å². The molecule has 0 spiro atoms. The molecule has 0 radical (unpaired) electrons. The largest absolute Gasteiger partial charge is 0.481 e. The lowest BCUT2D eigenvalue weighted by Gasteiger charge is -2.38. The van der Waals surface area contributed by atoms with E-state index in [0.29, 0.717) is 19.3 Å². The average Bonchev–Trinajstić information content (AvgIpc) is 2.14. The van der Waals surface area contributed by atoms with Gasteiger partial charge < -0.3 is 16.2 Å². The monoisotopic (exact) mass is 242 g/mol. The van der Waals surface area contributed by atoms with E-state index in [1.54, 1.807) is 6.92 Å². The fourth-order valence-corrected chi connectivity index (χ4v) is 2.15. The van der Waals surface area contributed by atoms with Crippen LogP contribution in [0.1, 0.15) is 46.0 Å². The number of hydrogen-bond donors (Lipinski definition) is 3. The van der Waals surface area contributed by atoms with Crippen LogP contribution in [0.2, 0.25) is 0 Å². The summed E-state index contributed by atoms with van der Waals surface area (Å²) in [6, 6.07) is 0. The van der Waals surface area contributed by atoms with Gasteiger partial charge in [-0.05, 0) is 26.2 Å². The van der Waals surface area contributed by atoms with Crippen LogP contribution in [0, 0.1) is 5.41 Å². The highest BCUT2D eigenvalue weighted by Crippen LogP contribution is 2.40. The summed E-state index contributed by atoms with van der Waals surface area (Å²) in [6.07, 6.45) is 3.61. The van der Waals surface area contributed by atoms with Gasteiger partial charge in [0.05, 0.1) is 11.0 Å². The number of nitrogens with two attached hydrogens (primary N) is 1. The van der Waals surface area contributed by atoms with E-state index in [9.17, 15) is 9.59 Å². The molecule has 1 fully saturated rings. The third kappa shape index (κ3) is 2.97. The molecule has 1 aliphatic rings. The molecule has 5 heteroatoms. The second-order valence-corrected chi connectivity index (χ2v) is 5.29. The first-order chi connectivity index (χ1) is 7.84. The quantitative estimate of drug-likeness (QED) is 0.644. The maximum absolute atomic E-state index is 11.8. The Hall–Kier alpha value is -1.10. The van der Waals surface area contributed by atoms with Gasteiger partial charge in [0.1, 0.15) is 0 Å². The number of hydrogen-bond acceptors (Lipinski definition) is 3. The summed E-state index contributed by atoms with van der Waals surface area (Å²) in [6.45, 7) is 3.83. The highest BCUT2D eigenvalue weighted by molar-refractivity contribution is 5.86. The third-order valence-electron chi connectivity index (χ3n) is 3.64. The second-order valence-electron chi connectivity index (χ2n) is 5.29. The molecule has 1 rings (SSSR count). The maximum atomic E-state index is 11.8. The summed E-state index contributed by atoms with van der Waals surface area (Å²) >= 11 is 0. The topological polar surface area (TPSA) is 92.4 Å². The van der Waals surface area contributed by atoms with Crippen molar-refractivity contribution in [3.8, 4) is 0 Å². The van der Waals surface area contributed by atoms with Crippen LogP contribution in [0.3, 0.4) is 0 Å². The highest BCUT2D eigenvalue weighted by Gasteiger charge is 2.45. The molecule has 0 aromatic carbocycles. The molecule has 1 atom stereocenters. The fourth-order valence-electron chi connectivity index (χ4n) is 2.15. The zero-order valence-corrected chi connectivity index (χ0v) is 10.6. The van der Waals surface area contributed by atoms with Gasteiger partial charge in [0.2, 0.25) is 5.91 Å². The molecule has 0 bridgehead atoms. The number of carboxylic acid groups (broad SMARTS) is 1. The molecule has 5 nitrogen and oxygen atoms in total. The van der Waals surface area contributed by atoms with Gasteiger partial charge in [-0.15, -0.1) is 0 Å². The van der Waals surface area contributed by atoms with Crippen LogP contribution in [0.4, 0.5) is 0 Å².